The Hall–Kier alpha value is -4.30. The molecule has 3 heterocycles. The van der Waals surface area contributed by atoms with Crippen molar-refractivity contribution < 1.29 is 4.79 Å². The second-order valence-corrected chi connectivity index (χ2v) is 9.19. The first kappa shape index (κ1) is 24.4. The lowest BCUT2D eigenvalue weighted by molar-refractivity contribution is 0.102. The molecule has 1 aliphatic rings. The van der Waals surface area contributed by atoms with E-state index < -0.39 is 0 Å². The largest absolute Gasteiger partial charge is 0.306 e. The number of aryl methyl sites for hydroxylation is 1. The van der Waals surface area contributed by atoms with Crippen LogP contribution in [0.4, 0.5) is 11.6 Å². The summed E-state index contributed by atoms with van der Waals surface area (Å²) in [6.45, 7) is 10.9. The van der Waals surface area contributed by atoms with Crippen LogP contribution in [-0.2, 0) is 6.54 Å². The first-order valence-electron chi connectivity index (χ1n) is 12.5. The van der Waals surface area contributed by atoms with Crippen molar-refractivity contribution in [2.24, 2.45) is 4.99 Å². The Labute approximate surface area is 217 Å². The lowest BCUT2D eigenvalue weighted by Crippen LogP contribution is -2.18. The predicted molar refractivity (Wildman–Crippen MR) is 149 cm³/mol. The third kappa shape index (κ3) is 5.29. The molecule has 2 aromatic heterocycles. The Morgan fingerprint density at radius 2 is 1.84 bits per heavy atom. The normalized spacial score (nSPS) is 13.9. The van der Waals surface area contributed by atoms with Gasteiger partial charge in [-0.15, -0.1) is 0 Å². The first-order valence-corrected chi connectivity index (χ1v) is 12.5. The number of aromatic nitrogens is 4. The van der Waals surface area contributed by atoms with Gasteiger partial charge in [-0.05, 0) is 57.5 Å². The van der Waals surface area contributed by atoms with Crippen LogP contribution in [0.5, 0.6) is 0 Å². The van der Waals surface area contributed by atoms with Crippen LogP contribution in [0, 0.1) is 6.92 Å². The van der Waals surface area contributed by atoms with Gasteiger partial charge in [0.1, 0.15) is 11.4 Å². The minimum absolute atomic E-state index is 0.325. The molecule has 0 aliphatic carbocycles. The Morgan fingerprint density at radius 1 is 1.11 bits per heavy atom. The third-order valence-corrected chi connectivity index (χ3v) is 6.52. The summed E-state index contributed by atoms with van der Waals surface area (Å²) in [4.78, 5) is 20.1. The molecule has 0 atom stereocenters. The maximum Gasteiger partial charge on any atom is 0.262 e. The smallest absolute Gasteiger partial charge is 0.262 e. The van der Waals surface area contributed by atoms with Crippen LogP contribution in [0.1, 0.15) is 41.3 Å². The van der Waals surface area contributed by atoms with Crippen molar-refractivity contribution in [3.8, 4) is 16.9 Å². The highest BCUT2D eigenvalue weighted by Gasteiger charge is 2.20. The highest BCUT2D eigenvalue weighted by atomic mass is 16.1. The molecule has 4 aromatic rings. The van der Waals surface area contributed by atoms with Gasteiger partial charge in [0, 0.05) is 30.6 Å². The predicted octanol–water partition coefficient (Wildman–Crippen LogP) is 5.72. The van der Waals surface area contributed by atoms with Crippen molar-refractivity contribution >= 4 is 30.0 Å². The fourth-order valence-electron chi connectivity index (χ4n) is 4.56. The number of nitrogens with zero attached hydrogens (tertiary/aromatic N) is 6. The molecule has 1 amide bonds. The van der Waals surface area contributed by atoms with E-state index >= 15 is 0 Å². The van der Waals surface area contributed by atoms with Gasteiger partial charge in [0.15, 0.2) is 5.82 Å². The summed E-state index contributed by atoms with van der Waals surface area (Å²) in [5, 5.41) is 12.1. The zero-order valence-corrected chi connectivity index (χ0v) is 21.3. The molecular formula is C29H31N7O. The third-order valence-electron chi connectivity index (χ3n) is 6.52. The molecule has 1 aliphatic heterocycles. The second-order valence-electron chi connectivity index (χ2n) is 9.19. The van der Waals surface area contributed by atoms with Crippen LogP contribution >= 0.6 is 0 Å². The molecule has 0 unspecified atom stereocenters. The van der Waals surface area contributed by atoms with E-state index in [1.807, 2.05) is 37.3 Å². The maximum absolute atomic E-state index is 13.3. The average molecular weight is 494 g/mol. The molecule has 37 heavy (non-hydrogen) atoms. The van der Waals surface area contributed by atoms with Crippen molar-refractivity contribution in [3.63, 3.8) is 0 Å². The molecule has 0 spiro atoms. The van der Waals surface area contributed by atoms with E-state index in [1.54, 1.807) is 17.8 Å². The number of nitrogens with one attached hydrogen (secondary N) is 1. The van der Waals surface area contributed by atoms with Gasteiger partial charge in [-0.2, -0.15) is 10.2 Å². The summed E-state index contributed by atoms with van der Waals surface area (Å²) in [7, 11) is 0. The summed E-state index contributed by atoms with van der Waals surface area (Å²) in [5.74, 6) is 0.655. The van der Waals surface area contributed by atoms with Gasteiger partial charge in [0.05, 0.1) is 17.6 Å². The summed E-state index contributed by atoms with van der Waals surface area (Å²) >= 11 is 0. The molecule has 8 nitrogen and oxygen atoms in total. The molecule has 1 N–H and O–H groups in total. The van der Waals surface area contributed by atoms with E-state index in [0.717, 1.165) is 29.1 Å². The van der Waals surface area contributed by atoms with Gasteiger partial charge in [-0.3, -0.25) is 9.69 Å². The topological polar surface area (TPSA) is 80.3 Å². The number of carbonyl (C=O) groups is 1. The fraction of sp³-hybridized carbons (Fsp3) is 0.241. The fourth-order valence-corrected chi connectivity index (χ4v) is 4.56. The minimum Gasteiger partial charge on any atom is -0.306 e. The highest BCUT2D eigenvalue weighted by molar-refractivity contribution is 6.07. The number of benzene rings is 2. The number of carbonyl (C=O) groups excluding carboxylic acids is 1. The first-order chi connectivity index (χ1) is 18.1. The van der Waals surface area contributed by atoms with Gasteiger partial charge in [0.2, 0.25) is 0 Å². The quantitative estimate of drug-likeness (QED) is 0.319. The Balaban J connectivity index is 1.47. The van der Waals surface area contributed by atoms with E-state index in [4.69, 9.17) is 5.10 Å². The molecule has 0 bridgehead atoms. The molecule has 1 fully saturated rings. The molecule has 188 valence electrons. The highest BCUT2D eigenvalue weighted by Crippen LogP contribution is 2.27. The van der Waals surface area contributed by atoms with Crippen LogP contribution in [0.25, 0.3) is 23.1 Å². The number of likely N-dealkylation sites (tertiary alicyclic amines) is 1. The molecule has 2 aromatic carbocycles. The van der Waals surface area contributed by atoms with Crippen LogP contribution in [0.2, 0.25) is 0 Å². The van der Waals surface area contributed by atoms with Crippen molar-refractivity contribution in [2.75, 3.05) is 18.4 Å². The zero-order chi connectivity index (χ0) is 25.8. The molecular weight excluding hydrogens is 462 g/mol. The van der Waals surface area contributed by atoms with Gasteiger partial charge >= 0.3 is 0 Å². The summed E-state index contributed by atoms with van der Waals surface area (Å²) < 4.78 is 3.23. The van der Waals surface area contributed by atoms with E-state index in [-0.39, 0.29) is 5.91 Å². The van der Waals surface area contributed by atoms with Gasteiger partial charge in [0.25, 0.3) is 5.91 Å². The number of rotatable bonds is 8. The van der Waals surface area contributed by atoms with E-state index in [0.29, 0.717) is 17.2 Å². The van der Waals surface area contributed by atoms with Crippen molar-refractivity contribution in [3.05, 3.63) is 84.1 Å². The van der Waals surface area contributed by atoms with Gasteiger partial charge in [-0.1, -0.05) is 48.5 Å². The van der Waals surface area contributed by atoms with Crippen molar-refractivity contribution in [2.45, 2.75) is 33.2 Å². The van der Waals surface area contributed by atoms with E-state index in [2.05, 4.69) is 51.2 Å². The Bertz CT molecular complexity index is 1420. The van der Waals surface area contributed by atoms with Crippen LogP contribution in [-0.4, -0.2) is 49.7 Å². The second kappa shape index (κ2) is 10.8. The van der Waals surface area contributed by atoms with Crippen LogP contribution in [0.3, 0.4) is 0 Å². The minimum atomic E-state index is -0.325. The van der Waals surface area contributed by atoms with Crippen LogP contribution in [0.15, 0.2) is 72.4 Å². The monoisotopic (exact) mass is 493 g/mol. The van der Waals surface area contributed by atoms with Gasteiger partial charge < -0.3 is 5.32 Å². The molecule has 0 saturated carbocycles. The molecule has 8 heteroatoms. The zero-order valence-electron chi connectivity index (χ0n) is 21.3. The Kier molecular flexibility index (Phi) is 7.09. The Morgan fingerprint density at radius 3 is 2.51 bits per heavy atom. The standard InChI is InChI=1S/C29H31N7O/c1-4-30-28-25(19-31-35(28)5-2)29(37)32-27-18-26(33-36(27)24-14-8-21(3)9-15-24)23-12-10-22(11-13-23)20-34-16-6-7-17-34/h4-5,8-15,18-19H,2,6-7,16-17,20H2,1,3H3,(H,32,37)/b30-4-. The summed E-state index contributed by atoms with van der Waals surface area (Å²) in [6.07, 6.45) is 7.19. The van der Waals surface area contributed by atoms with Crippen molar-refractivity contribution in [1.82, 2.24) is 24.5 Å². The van der Waals surface area contributed by atoms with E-state index in [9.17, 15) is 4.79 Å². The number of hydrogen-bond donors (Lipinski definition) is 1. The maximum atomic E-state index is 13.3. The average Bonchev–Trinajstić information content (AvgIpc) is 3.66. The number of anilines is 1. The van der Waals surface area contributed by atoms with Gasteiger partial charge in [-0.25, -0.2) is 14.4 Å². The molecule has 5 rings (SSSR count). The van der Waals surface area contributed by atoms with Crippen LogP contribution < -0.4 is 5.32 Å². The molecule has 1 saturated heterocycles. The summed E-state index contributed by atoms with van der Waals surface area (Å²) in [6, 6.07) is 18.4. The summed E-state index contributed by atoms with van der Waals surface area (Å²) in [5.41, 5.74) is 5.41. The number of hydrogen-bond acceptors (Lipinski definition) is 5. The SMILES string of the molecule is C=Cn1ncc(C(=O)Nc2cc(-c3ccc(CN4CCCC4)cc3)nn2-c2ccc(C)cc2)c1/N=C\C. The lowest BCUT2D eigenvalue weighted by atomic mass is 10.1. The number of aliphatic imine (C=N–C) groups is 1. The van der Waals surface area contributed by atoms with E-state index in [1.165, 1.54) is 48.6 Å². The molecule has 0 radical (unpaired) electrons. The lowest BCUT2D eigenvalue weighted by Gasteiger charge is -2.14. The number of amides is 1. The van der Waals surface area contributed by atoms with Crippen molar-refractivity contribution in [1.29, 1.82) is 0 Å².